The maximum atomic E-state index is 12.0. The van der Waals surface area contributed by atoms with Crippen molar-refractivity contribution in [2.45, 2.75) is 11.3 Å². The number of nitrogens with one attached hydrogen (secondary N) is 1. The van der Waals surface area contributed by atoms with Gasteiger partial charge in [-0.2, -0.15) is 0 Å². The van der Waals surface area contributed by atoms with E-state index < -0.39 is 10.8 Å². The number of carbonyl (C=O) groups is 1. The van der Waals surface area contributed by atoms with Crippen LogP contribution in [0.1, 0.15) is 16.8 Å². The van der Waals surface area contributed by atoms with E-state index in [1.54, 1.807) is 6.26 Å². The normalized spacial score (nSPS) is 10.2. The van der Waals surface area contributed by atoms with Gasteiger partial charge in [-0.05, 0) is 25.3 Å². The van der Waals surface area contributed by atoms with Crippen LogP contribution in [0.25, 0.3) is 0 Å². The van der Waals surface area contributed by atoms with Gasteiger partial charge >= 0.3 is 0 Å². The Kier molecular flexibility index (Phi) is 6.26. The summed E-state index contributed by atoms with van der Waals surface area (Å²) >= 11 is 1.35. The molecule has 0 aliphatic carbocycles. The van der Waals surface area contributed by atoms with Crippen LogP contribution in [0.15, 0.2) is 17.0 Å². The van der Waals surface area contributed by atoms with Crippen LogP contribution < -0.4 is 15.8 Å². The first-order valence-corrected chi connectivity index (χ1v) is 7.16. The van der Waals surface area contributed by atoms with Crippen LogP contribution in [0, 0.1) is 10.1 Å². The summed E-state index contributed by atoms with van der Waals surface area (Å²) in [6.07, 6.45) is 2.42. The van der Waals surface area contributed by atoms with Crippen molar-refractivity contribution in [3.8, 4) is 5.75 Å². The molecule has 0 fully saturated rings. The molecule has 0 heterocycles. The Morgan fingerprint density at radius 1 is 1.55 bits per heavy atom. The van der Waals surface area contributed by atoms with Crippen molar-refractivity contribution in [3.05, 3.63) is 27.8 Å². The monoisotopic (exact) mass is 299 g/mol. The van der Waals surface area contributed by atoms with Crippen LogP contribution in [0.3, 0.4) is 0 Å². The van der Waals surface area contributed by atoms with Gasteiger partial charge in [-0.15, -0.1) is 11.8 Å². The number of benzene rings is 1. The molecule has 20 heavy (non-hydrogen) atoms. The van der Waals surface area contributed by atoms with Crippen LogP contribution in [0.2, 0.25) is 0 Å². The summed E-state index contributed by atoms with van der Waals surface area (Å²) in [5, 5.41) is 13.7. The first kappa shape index (κ1) is 16.3. The van der Waals surface area contributed by atoms with E-state index >= 15 is 0 Å². The quantitative estimate of drug-likeness (QED) is 0.341. The van der Waals surface area contributed by atoms with Crippen LogP contribution in [-0.4, -0.2) is 37.3 Å². The largest absolute Gasteiger partial charge is 0.495 e. The summed E-state index contributed by atoms with van der Waals surface area (Å²) in [6.45, 7) is 0.828. The van der Waals surface area contributed by atoms with Crippen molar-refractivity contribution in [3.63, 3.8) is 0 Å². The molecule has 1 amide bonds. The lowest BCUT2D eigenvalue weighted by molar-refractivity contribution is -0.385. The molecule has 3 N–H and O–H groups in total. The lowest BCUT2D eigenvalue weighted by atomic mass is 10.1. The van der Waals surface area contributed by atoms with Crippen molar-refractivity contribution in [2.75, 3.05) is 26.5 Å². The van der Waals surface area contributed by atoms with Gasteiger partial charge in [0.15, 0.2) is 0 Å². The Bertz CT molecular complexity index is 508. The van der Waals surface area contributed by atoms with E-state index in [0.717, 1.165) is 0 Å². The molecule has 0 saturated carbocycles. The van der Waals surface area contributed by atoms with Crippen molar-refractivity contribution in [1.29, 1.82) is 0 Å². The molecular weight excluding hydrogens is 282 g/mol. The molecule has 0 unspecified atom stereocenters. The number of thioether (sulfide) groups is 1. The number of methoxy groups -OCH3 is 1. The first-order valence-electron chi connectivity index (χ1n) is 5.93. The number of nitrogens with zero attached hydrogens (tertiary/aromatic N) is 1. The van der Waals surface area contributed by atoms with Gasteiger partial charge in [0, 0.05) is 6.54 Å². The van der Waals surface area contributed by atoms with Crippen LogP contribution in [0.5, 0.6) is 5.75 Å². The maximum absolute atomic E-state index is 12.0. The number of hydrogen-bond donors (Lipinski definition) is 2. The summed E-state index contributed by atoms with van der Waals surface area (Å²) in [6, 6.07) is 2.74. The number of nitro groups is 1. The summed E-state index contributed by atoms with van der Waals surface area (Å²) in [5.74, 6) is -0.106. The third-order valence-electron chi connectivity index (χ3n) is 2.61. The van der Waals surface area contributed by atoms with E-state index in [0.29, 0.717) is 30.2 Å². The highest BCUT2D eigenvalue weighted by molar-refractivity contribution is 7.98. The minimum absolute atomic E-state index is 0.0252. The Hall–Kier alpha value is -1.80. The fourth-order valence-electron chi connectivity index (χ4n) is 1.60. The third kappa shape index (κ3) is 3.84. The molecular formula is C12H17N3O4S. The van der Waals surface area contributed by atoms with Gasteiger partial charge < -0.3 is 15.8 Å². The second-order valence-corrected chi connectivity index (χ2v) is 4.73. The molecule has 1 aromatic rings. The average Bonchev–Trinajstić information content (AvgIpc) is 2.45. The smallest absolute Gasteiger partial charge is 0.285 e. The SMILES string of the molecule is COc1cc([N+](=O)[O-])c(C(=O)NCCCN)cc1SC. The second kappa shape index (κ2) is 7.71. The van der Waals surface area contributed by atoms with Crippen molar-refractivity contribution in [1.82, 2.24) is 5.32 Å². The number of hydrogen-bond acceptors (Lipinski definition) is 6. The average molecular weight is 299 g/mol. The lowest BCUT2D eigenvalue weighted by Gasteiger charge is -2.10. The molecule has 0 aliphatic rings. The fourth-order valence-corrected chi connectivity index (χ4v) is 2.18. The number of carbonyl (C=O) groups excluding carboxylic acids is 1. The lowest BCUT2D eigenvalue weighted by Crippen LogP contribution is -2.26. The van der Waals surface area contributed by atoms with E-state index in [-0.39, 0.29) is 11.3 Å². The van der Waals surface area contributed by atoms with Gasteiger partial charge in [0.25, 0.3) is 11.6 Å². The number of nitrogens with two attached hydrogens (primary N) is 1. The van der Waals surface area contributed by atoms with Gasteiger partial charge in [-0.25, -0.2) is 0 Å². The predicted molar refractivity (Wildman–Crippen MR) is 77.4 cm³/mol. The Balaban J connectivity index is 3.15. The molecule has 1 rings (SSSR count). The summed E-state index contributed by atoms with van der Waals surface area (Å²) in [4.78, 5) is 23.1. The van der Waals surface area contributed by atoms with Crippen molar-refractivity contribution in [2.24, 2.45) is 5.73 Å². The fraction of sp³-hybridized carbons (Fsp3) is 0.417. The summed E-state index contributed by atoms with van der Waals surface area (Å²) in [7, 11) is 1.43. The highest BCUT2D eigenvalue weighted by Gasteiger charge is 2.23. The number of nitro benzene ring substituents is 1. The van der Waals surface area contributed by atoms with Crippen LogP contribution in [-0.2, 0) is 0 Å². The maximum Gasteiger partial charge on any atom is 0.285 e. The third-order valence-corrected chi connectivity index (χ3v) is 3.37. The Morgan fingerprint density at radius 3 is 2.75 bits per heavy atom. The molecule has 7 nitrogen and oxygen atoms in total. The molecule has 0 atom stereocenters. The Morgan fingerprint density at radius 2 is 2.25 bits per heavy atom. The van der Waals surface area contributed by atoms with E-state index in [2.05, 4.69) is 5.32 Å². The van der Waals surface area contributed by atoms with Crippen LogP contribution >= 0.6 is 11.8 Å². The predicted octanol–water partition coefficient (Wildman–Crippen LogP) is 1.40. The molecule has 0 saturated heterocycles. The van der Waals surface area contributed by atoms with Gasteiger partial charge in [-0.1, -0.05) is 0 Å². The second-order valence-electron chi connectivity index (χ2n) is 3.88. The van der Waals surface area contributed by atoms with Crippen LogP contribution in [0.4, 0.5) is 5.69 Å². The molecule has 0 bridgehead atoms. The molecule has 1 aromatic carbocycles. The number of amides is 1. The standard InChI is InChI=1S/C12H17N3O4S/c1-19-10-7-9(15(17)18)8(6-11(10)20-2)12(16)14-5-3-4-13/h6-7H,3-5,13H2,1-2H3,(H,14,16). The highest BCUT2D eigenvalue weighted by atomic mass is 32.2. The summed E-state index contributed by atoms with van der Waals surface area (Å²) in [5.41, 5.74) is 5.09. The highest BCUT2D eigenvalue weighted by Crippen LogP contribution is 2.34. The Labute approximate surface area is 121 Å². The van der Waals surface area contributed by atoms with E-state index in [1.807, 2.05) is 0 Å². The van der Waals surface area contributed by atoms with Gasteiger partial charge in [-0.3, -0.25) is 14.9 Å². The number of ether oxygens (including phenoxy) is 1. The number of rotatable bonds is 7. The van der Waals surface area contributed by atoms with E-state index in [1.165, 1.54) is 31.0 Å². The molecule has 0 aromatic heterocycles. The molecule has 8 heteroatoms. The zero-order valence-corrected chi connectivity index (χ0v) is 12.2. The minimum Gasteiger partial charge on any atom is -0.495 e. The molecule has 0 spiro atoms. The van der Waals surface area contributed by atoms with Crippen molar-refractivity contribution < 1.29 is 14.5 Å². The van der Waals surface area contributed by atoms with E-state index in [4.69, 9.17) is 10.5 Å². The van der Waals surface area contributed by atoms with Gasteiger partial charge in [0.2, 0.25) is 0 Å². The zero-order valence-electron chi connectivity index (χ0n) is 11.3. The van der Waals surface area contributed by atoms with E-state index in [9.17, 15) is 14.9 Å². The topological polar surface area (TPSA) is 107 Å². The van der Waals surface area contributed by atoms with Crippen molar-refractivity contribution >= 4 is 23.4 Å². The van der Waals surface area contributed by atoms with Gasteiger partial charge in [0.1, 0.15) is 11.3 Å². The molecule has 0 radical (unpaired) electrons. The molecule has 0 aliphatic heterocycles. The van der Waals surface area contributed by atoms with Gasteiger partial charge in [0.05, 0.1) is 23.0 Å². The first-order chi connectivity index (χ1) is 9.54. The zero-order chi connectivity index (χ0) is 15.1. The molecule has 110 valence electrons. The minimum atomic E-state index is -0.593. The summed E-state index contributed by atoms with van der Waals surface area (Å²) < 4.78 is 5.09.